The van der Waals surface area contributed by atoms with Crippen LogP contribution in [0.25, 0.3) is 0 Å². The molecule has 0 aromatic carbocycles. The van der Waals surface area contributed by atoms with Crippen LogP contribution in [0.5, 0.6) is 0 Å². The van der Waals surface area contributed by atoms with E-state index in [1.807, 2.05) is 0 Å². The van der Waals surface area contributed by atoms with Crippen molar-refractivity contribution < 1.29 is 14.4 Å². The predicted molar refractivity (Wildman–Crippen MR) is 80.0 cm³/mol. The number of hydrogen-bond donors (Lipinski definition) is 1. The van der Waals surface area contributed by atoms with Gasteiger partial charge in [-0.2, -0.15) is 0 Å². The van der Waals surface area contributed by atoms with Gasteiger partial charge in [0.15, 0.2) is 5.13 Å². The minimum Gasteiger partial charge on any atom is -0.461 e. The van der Waals surface area contributed by atoms with Crippen molar-refractivity contribution in [2.45, 2.75) is 38.7 Å². The molecule has 1 aromatic heterocycles. The van der Waals surface area contributed by atoms with E-state index in [2.05, 4.69) is 10.1 Å². The maximum Gasteiger partial charge on any atom is 0.362 e. The Morgan fingerprint density at radius 1 is 1.52 bits per heavy atom. The van der Waals surface area contributed by atoms with E-state index in [4.69, 9.17) is 15.3 Å². The van der Waals surface area contributed by atoms with E-state index in [1.165, 1.54) is 30.6 Å². The highest BCUT2D eigenvalue weighted by Crippen LogP contribution is 2.45. The zero-order valence-corrected chi connectivity index (χ0v) is 12.8. The van der Waals surface area contributed by atoms with Crippen LogP contribution in [-0.4, -0.2) is 29.4 Å². The number of aromatic nitrogens is 1. The number of rotatable bonds is 5. The number of carbonyl (C=O) groups is 1. The summed E-state index contributed by atoms with van der Waals surface area (Å²) in [6, 6.07) is 0. The Morgan fingerprint density at radius 3 is 2.95 bits per heavy atom. The molecule has 3 rings (SSSR count). The lowest BCUT2D eigenvalue weighted by Crippen LogP contribution is -2.23. The van der Waals surface area contributed by atoms with Gasteiger partial charge in [0, 0.05) is 5.38 Å². The first-order valence-electron chi connectivity index (χ1n) is 7.29. The number of carbonyl (C=O) groups excluding carboxylic acids is 1. The minimum atomic E-state index is -0.522. The monoisotopic (exact) mass is 309 g/mol. The fraction of sp³-hybridized carbons (Fsp3) is 0.643. The summed E-state index contributed by atoms with van der Waals surface area (Å²) < 4.78 is 5.02. The topological polar surface area (TPSA) is 86.8 Å². The van der Waals surface area contributed by atoms with Gasteiger partial charge in [-0.3, -0.25) is 0 Å². The number of esters is 1. The normalized spacial score (nSPS) is 27.9. The van der Waals surface area contributed by atoms with Gasteiger partial charge in [-0.1, -0.05) is 5.16 Å². The zero-order chi connectivity index (χ0) is 14.8. The summed E-state index contributed by atoms with van der Waals surface area (Å²) in [4.78, 5) is 21.7. The molecule has 2 saturated carbocycles. The van der Waals surface area contributed by atoms with Crippen LogP contribution in [0.15, 0.2) is 10.5 Å². The number of hydrogen-bond acceptors (Lipinski definition) is 7. The van der Waals surface area contributed by atoms with Crippen molar-refractivity contribution in [2.24, 2.45) is 17.0 Å². The fourth-order valence-corrected chi connectivity index (χ4v) is 3.77. The van der Waals surface area contributed by atoms with Crippen molar-refractivity contribution in [3.8, 4) is 0 Å². The molecular weight excluding hydrogens is 290 g/mol. The molecule has 2 fully saturated rings. The molecule has 2 aliphatic rings. The van der Waals surface area contributed by atoms with Crippen LogP contribution in [0, 0.1) is 11.8 Å². The molecule has 21 heavy (non-hydrogen) atoms. The van der Waals surface area contributed by atoms with Crippen molar-refractivity contribution in [3.05, 3.63) is 11.1 Å². The number of thiazole rings is 1. The average molecular weight is 309 g/mol. The van der Waals surface area contributed by atoms with Gasteiger partial charge in [0.1, 0.15) is 11.8 Å². The van der Waals surface area contributed by atoms with Gasteiger partial charge in [0.05, 0.1) is 6.61 Å². The molecule has 2 N–H and O–H groups in total. The van der Waals surface area contributed by atoms with Crippen LogP contribution >= 0.6 is 11.3 Å². The number of fused-ring (bicyclic) bond motifs is 2. The number of nitrogen functional groups attached to an aromatic ring is 1. The number of oxime groups is 1. The van der Waals surface area contributed by atoms with E-state index in [0.29, 0.717) is 16.7 Å². The van der Waals surface area contributed by atoms with Gasteiger partial charge >= 0.3 is 5.97 Å². The number of ether oxygens (including phenoxy) is 1. The average Bonchev–Trinajstić information content (AvgIpc) is 3.16. The van der Waals surface area contributed by atoms with Crippen LogP contribution in [0.4, 0.5) is 5.13 Å². The third-order valence-corrected chi connectivity index (χ3v) is 4.86. The fourth-order valence-electron chi connectivity index (χ4n) is 3.22. The lowest BCUT2D eigenvalue weighted by Gasteiger charge is -2.19. The highest BCUT2D eigenvalue weighted by atomic mass is 32.1. The summed E-state index contributed by atoms with van der Waals surface area (Å²) in [5.41, 5.74) is 6.14. The molecule has 0 amide bonds. The SMILES string of the molecule is CCOC(=O)C(=NOC1CC2CCC1C2)c1csc(N)n1. The van der Waals surface area contributed by atoms with Gasteiger partial charge in [-0.05, 0) is 44.4 Å². The maximum absolute atomic E-state index is 12.0. The van der Waals surface area contributed by atoms with E-state index in [1.54, 1.807) is 12.3 Å². The van der Waals surface area contributed by atoms with Crippen molar-refractivity contribution >= 4 is 28.1 Å². The van der Waals surface area contributed by atoms with Gasteiger partial charge in [0.25, 0.3) is 0 Å². The van der Waals surface area contributed by atoms with Crippen LogP contribution in [0.1, 0.15) is 38.3 Å². The Kier molecular flexibility index (Phi) is 4.10. The quantitative estimate of drug-likeness (QED) is 0.512. The number of nitrogens with zero attached hydrogens (tertiary/aromatic N) is 2. The largest absolute Gasteiger partial charge is 0.461 e. The van der Waals surface area contributed by atoms with Crippen molar-refractivity contribution in [3.63, 3.8) is 0 Å². The molecule has 6 nitrogen and oxygen atoms in total. The molecule has 0 radical (unpaired) electrons. The Bertz CT molecular complexity index is 557. The smallest absolute Gasteiger partial charge is 0.362 e. The standard InChI is InChI=1S/C14H19N3O3S/c1-2-19-13(18)12(10-7-21-14(15)16-10)17-20-11-6-8-3-4-9(11)5-8/h7-9,11H,2-6H2,1H3,(H2,15,16). The summed E-state index contributed by atoms with van der Waals surface area (Å²) in [6.45, 7) is 2.04. The third kappa shape index (κ3) is 3.02. The van der Waals surface area contributed by atoms with Gasteiger partial charge in [-0.25, -0.2) is 9.78 Å². The number of nitrogens with two attached hydrogens (primary N) is 1. The summed E-state index contributed by atoms with van der Waals surface area (Å²) in [5, 5.41) is 6.14. The van der Waals surface area contributed by atoms with E-state index >= 15 is 0 Å². The molecule has 1 aromatic rings. The third-order valence-electron chi connectivity index (χ3n) is 4.19. The minimum absolute atomic E-state index is 0.104. The molecule has 2 bridgehead atoms. The van der Waals surface area contributed by atoms with Crippen LogP contribution in [0.2, 0.25) is 0 Å². The Morgan fingerprint density at radius 2 is 2.38 bits per heavy atom. The van der Waals surface area contributed by atoms with E-state index in [9.17, 15) is 4.79 Å². The van der Waals surface area contributed by atoms with Gasteiger partial charge < -0.3 is 15.3 Å². The molecule has 1 heterocycles. The van der Waals surface area contributed by atoms with E-state index in [0.717, 1.165) is 12.3 Å². The zero-order valence-electron chi connectivity index (χ0n) is 11.9. The summed E-state index contributed by atoms with van der Waals surface area (Å²) in [5.74, 6) is 0.810. The molecule has 3 atom stereocenters. The first-order chi connectivity index (χ1) is 10.2. The number of anilines is 1. The summed E-state index contributed by atoms with van der Waals surface area (Å²) in [7, 11) is 0. The molecule has 0 saturated heterocycles. The summed E-state index contributed by atoms with van der Waals surface area (Å²) in [6.07, 6.45) is 4.86. The summed E-state index contributed by atoms with van der Waals surface area (Å²) >= 11 is 1.26. The first-order valence-corrected chi connectivity index (χ1v) is 8.17. The Hall–Kier alpha value is -1.63. The van der Waals surface area contributed by atoms with Crippen molar-refractivity contribution in [1.82, 2.24) is 4.98 Å². The van der Waals surface area contributed by atoms with Crippen LogP contribution < -0.4 is 5.73 Å². The van der Waals surface area contributed by atoms with Crippen molar-refractivity contribution in [1.29, 1.82) is 0 Å². The predicted octanol–water partition coefficient (Wildman–Crippen LogP) is 2.20. The maximum atomic E-state index is 12.0. The molecule has 3 unspecified atom stereocenters. The van der Waals surface area contributed by atoms with Gasteiger partial charge in [-0.15, -0.1) is 11.3 Å². The van der Waals surface area contributed by atoms with E-state index < -0.39 is 5.97 Å². The highest BCUT2D eigenvalue weighted by Gasteiger charge is 2.41. The van der Waals surface area contributed by atoms with E-state index in [-0.39, 0.29) is 18.4 Å². The molecule has 0 spiro atoms. The van der Waals surface area contributed by atoms with Crippen LogP contribution in [0.3, 0.4) is 0 Å². The second kappa shape index (κ2) is 6.01. The molecular formula is C14H19N3O3S. The molecule has 114 valence electrons. The lowest BCUT2D eigenvalue weighted by molar-refractivity contribution is -0.135. The van der Waals surface area contributed by atoms with Crippen molar-refractivity contribution in [2.75, 3.05) is 12.3 Å². The molecule has 2 aliphatic carbocycles. The second-order valence-corrected chi connectivity index (χ2v) is 6.44. The highest BCUT2D eigenvalue weighted by molar-refractivity contribution is 7.13. The molecule has 0 aliphatic heterocycles. The Balaban J connectivity index is 1.74. The Labute approximate surface area is 127 Å². The molecule has 7 heteroatoms. The second-order valence-electron chi connectivity index (χ2n) is 5.55. The lowest BCUT2D eigenvalue weighted by atomic mass is 9.98. The van der Waals surface area contributed by atoms with Crippen LogP contribution in [-0.2, 0) is 14.4 Å². The first kappa shape index (κ1) is 14.3. The van der Waals surface area contributed by atoms with Gasteiger partial charge in [0.2, 0.25) is 5.71 Å².